The minimum Gasteiger partial charge on any atom is -0.290 e. The smallest absolute Gasteiger partial charge is 0.290 e. The third-order valence-corrected chi connectivity index (χ3v) is 4.37. The van der Waals surface area contributed by atoms with Gasteiger partial charge in [0.05, 0.1) is 10.6 Å². The topological polar surface area (TPSA) is 34.4 Å². The molecule has 3 rings (SSSR count). The van der Waals surface area contributed by atoms with Crippen LogP contribution in [-0.4, -0.2) is 15.2 Å². The van der Waals surface area contributed by atoms with Crippen molar-refractivity contribution in [2.45, 2.75) is 6.18 Å². The molecule has 21 heavy (non-hydrogen) atoms. The first-order valence-electron chi connectivity index (χ1n) is 5.75. The fourth-order valence-electron chi connectivity index (χ4n) is 1.83. The fourth-order valence-corrected chi connectivity index (χ4v) is 3.19. The number of thiophene rings is 1. The molecular formula is C13H7F3N2OS2. The van der Waals surface area contributed by atoms with E-state index in [9.17, 15) is 18.0 Å². The van der Waals surface area contributed by atoms with Crippen molar-refractivity contribution in [3.8, 4) is 0 Å². The fraction of sp³-hybridized carbons (Fsp3) is 0.0769. The Bertz CT molecular complexity index is 812. The number of hydrogen-bond donors (Lipinski definition) is 0. The predicted octanol–water partition coefficient (Wildman–Crippen LogP) is 4.37. The van der Waals surface area contributed by atoms with Crippen LogP contribution in [0.5, 0.6) is 0 Å². The van der Waals surface area contributed by atoms with Crippen LogP contribution in [-0.2, 0) is 6.18 Å². The van der Waals surface area contributed by atoms with Gasteiger partial charge in [-0.2, -0.15) is 13.2 Å². The number of imidazole rings is 1. The molecule has 8 heteroatoms. The molecule has 0 saturated carbocycles. The number of aromatic nitrogens is 2. The molecule has 0 aliphatic carbocycles. The molecule has 0 unspecified atom stereocenters. The average molecular weight is 328 g/mol. The van der Waals surface area contributed by atoms with E-state index in [1.807, 2.05) is 0 Å². The molecule has 0 saturated heterocycles. The maximum Gasteiger partial charge on any atom is 0.435 e. The van der Waals surface area contributed by atoms with Gasteiger partial charge in [0, 0.05) is 11.6 Å². The number of fused-ring (bicyclic) bond motifs is 1. The molecule has 0 amide bonds. The van der Waals surface area contributed by atoms with Crippen molar-refractivity contribution in [2.24, 2.45) is 0 Å². The molecular weight excluding hydrogens is 321 g/mol. The first-order chi connectivity index (χ1) is 9.97. The Morgan fingerprint density at radius 2 is 2.10 bits per heavy atom. The van der Waals surface area contributed by atoms with E-state index < -0.39 is 11.9 Å². The minimum absolute atomic E-state index is 0.136. The molecule has 108 valence electrons. The second-order valence-corrected chi connectivity index (χ2v) is 5.89. The van der Waals surface area contributed by atoms with Gasteiger partial charge in [-0.15, -0.1) is 22.7 Å². The summed E-state index contributed by atoms with van der Waals surface area (Å²) in [5.74, 6) is -0.330. The van der Waals surface area contributed by atoms with E-state index in [1.54, 1.807) is 22.9 Å². The van der Waals surface area contributed by atoms with Gasteiger partial charge in [-0.3, -0.25) is 9.20 Å². The third-order valence-electron chi connectivity index (χ3n) is 2.72. The summed E-state index contributed by atoms with van der Waals surface area (Å²) in [6, 6.07) is 3.33. The van der Waals surface area contributed by atoms with Crippen molar-refractivity contribution in [3.63, 3.8) is 0 Å². The molecule has 3 heterocycles. The van der Waals surface area contributed by atoms with Crippen LogP contribution in [0.25, 0.3) is 11.0 Å². The van der Waals surface area contributed by atoms with Crippen LogP contribution >= 0.6 is 22.7 Å². The molecule has 0 atom stereocenters. The minimum atomic E-state index is -4.56. The maximum absolute atomic E-state index is 13.0. The van der Waals surface area contributed by atoms with Gasteiger partial charge in [-0.1, -0.05) is 6.07 Å². The summed E-state index contributed by atoms with van der Waals surface area (Å²) in [6.07, 6.45) is -0.755. The van der Waals surface area contributed by atoms with Gasteiger partial charge in [0.15, 0.2) is 16.4 Å². The van der Waals surface area contributed by atoms with E-state index in [2.05, 4.69) is 4.98 Å². The van der Waals surface area contributed by atoms with Gasteiger partial charge < -0.3 is 0 Å². The van der Waals surface area contributed by atoms with E-state index in [-0.39, 0.29) is 16.4 Å². The number of hydrogen-bond acceptors (Lipinski definition) is 4. The van der Waals surface area contributed by atoms with Crippen molar-refractivity contribution in [1.82, 2.24) is 9.38 Å². The van der Waals surface area contributed by atoms with Gasteiger partial charge in [-0.25, -0.2) is 4.98 Å². The Morgan fingerprint density at radius 1 is 1.29 bits per heavy atom. The van der Waals surface area contributed by atoms with E-state index in [0.29, 0.717) is 4.88 Å². The van der Waals surface area contributed by atoms with Gasteiger partial charge in [0.2, 0.25) is 0 Å². The average Bonchev–Trinajstić information content (AvgIpc) is 3.11. The lowest BCUT2D eigenvalue weighted by atomic mass is 10.2. The molecule has 0 fully saturated rings. The van der Waals surface area contributed by atoms with Crippen LogP contribution in [0.4, 0.5) is 13.2 Å². The number of halogens is 3. The maximum atomic E-state index is 13.0. The first kappa shape index (κ1) is 14.0. The number of alkyl halides is 3. The Balaban J connectivity index is 2.03. The van der Waals surface area contributed by atoms with Crippen molar-refractivity contribution < 1.29 is 18.0 Å². The van der Waals surface area contributed by atoms with Crippen LogP contribution in [0.2, 0.25) is 0 Å². The highest BCUT2D eigenvalue weighted by molar-refractivity contribution is 7.15. The van der Waals surface area contributed by atoms with Gasteiger partial charge in [0.1, 0.15) is 0 Å². The summed E-state index contributed by atoms with van der Waals surface area (Å²) in [5.41, 5.74) is -1.12. The Kier molecular flexibility index (Phi) is 3.42. The zero-order valence-electron chi connectivity index (χ0n) is 10.3. The highest BCUT2D eigenvalue weighted by Crippen LogP contribution is 2.33. The third kappa shape index (κ3) is 2.64. The summed E-state index contributed by atoms with van der Waals surface area (Å²) < 4.78 is 40.2. The number of allylic oxidation sites excluding steroid dienone is 1. The second-order valence-electron chi connectivity index (χ2n) is 4.07. The molecule has 0 bridgehead atoms. The van der Waals surface area contributed by atoms with Crippen LogP contribution in [0, 0.1) is 0 Å². The molecule has 0 N–H and O–H groups in total. The lowest BCUT2D eigenvalue weighted by molar-refractivity contribution is -0.140. The van der Waals surface area contributed by atoms with Crippen LogP contribution in [0.15, 0.2) is 35.2 Å². The van der Waals surface area contributed by atoms with Gasteiger partial charge >= 0.3 is 6.18 Å². The van der Waals surface area contributed by atoms with Gasteiger partial charge in [-0.05, 0) is 23.6 Å². The van der Waals surface area contributed by atoms with E-state index in [4.69, 9.17) is 0 Å². The second kappa shape index (κ2) is 5.12. The number of rotatable bonds is 3. The highest BCUT2D eigenvalue weighted by atomic mass is 32.1. The van der Waals surface area contributed by atoms with Gasteiger partial charge in [0.25, 0.3) is 0 Å². The number of carbonyl (C=O) groups is 1. The monoisotopic (exact) mass is 328 g/mol. The summed E-state index contributed by atoms with van der Waals surface area (Å²) in [5, 5.41) is 3.37. The molecule has 0 aliphatic rings. The number of ketones is 1. The summed E-state index contributed by atoms with van der Waals surface area (Å²) in [7, 11) is 0. The molecule has 0 radical (unpaired) electrons. The summed E-state index contributed by atoms with van der Waals surface area (Å²) >= 11 is 2.35. The van der Waals surface area contributed by atoms with Crippen LogP contribution < -0.4 is 0 Å². The normalized spacial score (nSPS) is 12.5. The molecule has 0 aromatic carbocycles. The summed E-state index contributed by atoms with van der Waals surface area (Å²) in [6.45, 7) is 0. The number of carbonyl (C=O) groups excluding carboxylic acids is 1. The quantitative estimate of drug-likeness (QED) is 0.528. The molecule has 3 aromatic heterocycles. The Hall–Kier alpha value is -1.93. The summed E-state index contributed by atoms with van der Waals surface area (Å²) in [4.78, 5) is 16.2. The van der Waals surface area contributed by atoms with Crippen molar-refractivity contribution in [2.75, 3.05) is 0 Å². The lowest BCUT2D eigenvalue weighted by Crippen LogP contribution is -2.08. The van der Waals surface area contributed by atoms with Crippen LogP contribution in [0.1, 0.15) is 21.1 Å². The standard InChI is InChI=1S/C13H7F3N2OS2/c14-13(15,16)11-8(18-5-7-21-12(18)17-11)3-4-9(19)10-2-1-6-20-10/h1-7H. The largest absolute Gasteiger partial charge is 0.435 e. The molecule has 3 aromatic rings. The highest BCUT2D eigenvalue weighted by Gasteiger charge is 2.37. The molecule has 0 aliphatic heterocycles. The Labute approximate surface area is 125 Å². The van der Waals surface area contributed by atoms with Crippen molar-refractivity contribution in [1.29, 1.82) is 0 Å². The van der Waals surface area contributed by atoms with Crippen molar-refractivity contribution >= 4 is 39.5 Å². The zero-order valence-corrected chi connectivity index (χ0v) is 11.9. The first-order valence-corrected chi connectivity index (χ1v) is 7.51. The number of nitrogens with zero attached hydrogens (tertiary/aromatic N) is 2. The van der Waals surface area contributed by atoms with E-state index in [0.717, 1.165) is 23.5 Å². The SMILES string of the molecule is O=C(C=Cc1c(C(F)(F)F)nc2sccn12)c1cccs1. The molecule has 0 spiro atoms. The predicted molar refractivity (Wildman–Crippen MR) is 75.8 cm³/mol. The van der Waals surface area contributed by atoms with E-state index >= 15 is 0 Å². The number of thiazole rings is 1. The van der Waals surface area contributed by atoms with E-state index in [1.165, 1.54) is 21.9 Å². The van der Waals surface area contributed by atoms with Crippen LogP contribution in [0.3, 0.4) is 0 Å². The molecule has 3 nitrogen and oxygen atoms in total. The lowest BCUT2D eigenvalue weighted by Gasteiger charge is -2.03. The van der Waals surface area contributed by atoms with Crippen molar-refractivity contribution in [3.05, 3.63) is 51.4 Å². The Morgan fingerprint density at radius 3 is 2.76 bits per heavy atom. The zero-order chi connectivity index (χ0) is 15.0.